The molecular formula is C22H23NO5. The molecule has 0 saturated carbocycles. The Morgan fingerprint density at radius 3 is 2.43 bits per heavy atom. The Labute approximate surface area is 163 Å². The van der Waals surface area contributed by atoms with Crippen LogP contribution in [0.4, 0.5) is 0 Å². The third-order valence-electron chi connectivity index (χ3n) is 4.62. The molecule has 1 aliphatic heterocycles. The number of phenols is 2. The van der Waals surface area contributed by atoms with E-state index in [-0.39, 0.29) is 28.6 Å². The summed E-state index contributed by atoms with van der Waals surface area (Å²) in [7, 11) is 2.96. The van der Waals surface area contributed by atoms with Gasteiger partial charge in [-0.25, -0.2) is 0 Å². The first kappa shape index (κ1) is 19.5. The molecule has 0 atom stereocenters. The van der Waals surface area contributed by atoms with E-state index in [9.17, 15) is 15.0 Å². The number of methoxy groups -OCH3 is 2. The number of aromatic hydroxyl groups is 2. The van der Waals surface area contributed by atoms with Crippen molar-refractivity contribution in [2.45, 2.75) is 6.42 Å². The molecule has 0 saturated heterocycles. The number of benzene rings is 2. The quantitative estimate of drug-likeness (QED) is 0.525. The van der Waals surface area contributed by atoms with E-state index in [0.29, 0.717) is 24.3 Å². The highest BCUT2D eigenvalue weighted by Gasteiger charge is 2.25. The Bertz CT molecular complexity index is 929. The van der Waals surface area contributed by atoms with Crippen LogP contribution in [0, 0.1) is 0 Å². The van der Waals surface area contributed by atoms with Crippen LogP contribution in [-0.2, 0) is 0 Å². The van der Waals surface area contributed by atoms with Crippen molar-refractivity contribution in [2.75, 3.05) is 27.3 Å². The van der Waals surface area contributed by atoms with Crippen molar-refractivity contribution in [1.29, 1.82) is 0 Å². The van der Waals surface area contributed by atoms with E-state index in [1.807, 2.05) is 6.08 Å². The summed E-state index contributed by atoms with van der Waals surface area (Å²) in [6.07, 6.45) is 5.69. The number of nitrogens with one attached hydrogen (secondary N) is 1. The number of rotatable bonds is 6. The lowest BCUT2D eigenvalue weighted by Crippen LogP contribution is -2.20. The fourth-order valence-corrected chi connectivity index (χ4v) is 3.18. The number of allylic oxidation sites excluding steroid dienone is 1. The summed E-state index contributed by atoms with van der Waals surface area (Å²) in [5, 5.41) is 23.5. The molecule has 0 fully saturated rings. The summed E-state index contributed by atoms with van der Waals surface area (Å²) in [4.78, 5) is 12.9. The van der Waals surface area contributed by atoms with Crippen LogP contribution in [0.3, 0.4) is 0 Å². The van der Waals surface area contributed by atoms with Crippen molar-refractivity contribution >= 4 is 17.4 Å². The standard InChI is InChI=1S/C22H23NO5/c1-27-18-13-19(28-2)21(22(26)20(18)15-9-11-23-12-10-15)17(25)8-5-14-3-6-16(24)7-4-14/h3-9,13,23-24,26H,10-12H2,1-2H3/b8-5+. The van der Waals surface area contributed by atoms with Crippen LogP contribution in [-0.4, -0.2) is 43.3 Å². The van der Waals surface area contributed by atoms with Gasteiger partial charge in [-0.15, -0.1) is 0 Å². The highest BCUT2D eigenvalue weighted by Crippen LogP contribution is 2.43. The van der Waals surface area contributed by atoms with Gasteiger partial charge in [-0.2, -0.15) is 0 Å². The number of hydrogen-bond acceptors (Lipinski definition) is 6. The van der Waals surface area contributed by atoms with Crippen molar-refractivity contribution < 1.29 is 24.5 Å². The molecule has 6 nitrogen and oxygen atoms in total. The normalized spacial score (nSPS) is 14.0. The Morgan fingerprint density at radius 2 is 1.82 bits per heavy atom. The molecule has 0 amide bonds. The summed E-state index contributed by atoms with van der Waals surface area (Å²) in [5.74, 6) is 0.318. The minimum absolute atomic E-state index is 0.0905. The van der Waals surface area contributed by atoms with Crippen LogP contribution in [0.25, 0.3) is 11.6 Å². The van der Waals surface area contributed by atoms with Gasteiger partial charge in [-0.1, -0.05) is 24.3 Å². The molecule has 1 aliphatic rings. The molecule has 0 bridgehead atoms. The number of carbonyl (C=O) groups excluding carboxylic acids is 1. The van der Waals surface area contributed by atoms with E-state index < -0.39 is 0 Å². The zero-order chi connectivity index (χ0) is 20.1. The molecule has 0 unspecified atom stereocenters. The first-order valence-electron chi connectivity index (χ1n) is 8.94. The SMILES string of the molecule is COc1cc(OC)c(C2=CCNCC2)c(O)c1C(=O)/C=C/c1ccc(O)cc1. The van der Waals surface area contributed by atoms with Gasteiger partial charge in [0.2, 0.25) is 0 Å². The fraction of sp³-hybridized carbons (Fsp3) is 0.227. The van der Waals surface area contributed by atoms with Gasteiger partial charge in [0.25, 0.3) is 0 Å². The molecule has 0 aromatic heterocycles. The monoisotopic (exact) mass is 381 g/mol. The first-order valence-corrected chi connectivity index (χ1v) is 8.94. The van der Waals surface area contributed by atoms with E-state index in [1.165, 1.54) is 32.4 Å². The molecule has 0 aliphatic carbocycles. The second kappa shape index (κ2) is 8.63. The van der Waals surface area contributed by atoms with E-state index in [2.05, 4.69) is 5.32 Å². The highest BCUT2D eigenvalue weighted by molar-refractivity contribution is 6.11. The van der Waals surface area contributed by atoms with E-state index in [0.717, 1.165) is 17.7 Å². The fourth-order valence-electron chi connectivity index (χ4n) is 3.18. The third kappa shape index (κ3) is 4.02. The van der Waals surface area contributed by atoms with Crippen molar-refractivity contribution in [3.05, 3.63) is 59.2 Å². The Kier molecular flexibility index (Phi) is 6.01. The lowest BCUT2D eigenvalue weighted by atomic mass is 9.93. The second-order valence-electron chi connectivity index (χ2n) is 6.35. The molecule has 2 aromatic rings. The third-order valence-corrected chi connectivity index (χ3v) is 4.62. The number of ether oxygens (including phenoxy) is 2. The van der Waals surface area contributed by atoms with E-state index in [1.54, 1.807) is 24.3 Å². The van der Waals surface area contributed by atoms with E-state index >= 15 is 0 Å². The molecule has 3 rings (SSSR count). The van der Waals surface area contributed by atoms with E-state index in [4.69, 9.17) is 9.47 Å². The van der Waals surface area contributed by atoms with Gasteiger partial charge < -0.3 is 25.0 Å². The maximum atomic E-state index is 12.9. The maximum Gasteiger partial charge on any atom is 0.193 e. The Hall–Kier alpha value is -3.25. The first-order chi connectivity index (χ1) is 13.5. The molecule has 2 aromatic carbocycles. The number of carbonyl (C=O) groups is 1. The van der Waals surface area contributed by atoms with Gasteiger partial charge >= 0.3 is 0 Å². The summed E-state index contributed by atoms with van der Waals surface area (Å²) < 4.78 is 10.8. The molecule has 1 heterocycles. The van der Waals surface area contributed by atoms with Crippen molar-refractivity contribution in [1.82, 2.24) is 5.32 Å². The van der Waals surface area contributed by atoms with Gasteiger partial charge in [0.15, 0.2) is 5.78 Å². The van der Waals surface area contributed by atoms with Gasteiger partial charge in [0.05, 0.1) is 19.8 Å². The van der Waals surface area contributed by atoms with Crippen LogP contribution in [0.2, 0.25) is 0 Å². The highest BCUT2D eigenvalue weighted by atomic mass is 16.5. The minimum Gasteiger partial charge on any atom is -0.508 e. The smallest absolute Gasteiger partial charge is 0.193 e. The number of hydrogen-bond donors (Lipinski definition) is 3. The Morgan fingerprint density at radius 1 is 1.11 bits per heavy atom. The van der Waals surface area contributed by atoms with Crippen LogP contribution < -0.4 is 14.8 Å². The average Bonchev–Trinajstić information content (AvgIpc) is 2.72. The summed E-state index contributed by atoms with van der Waals surface area (Å²) >= 11 is 0. The number of ketones is 1. The minimum atomic E-state index is -0.388. The lowest BCUT2D eigenvalue weighted by molar-refractivity contribution is 0.104. The molecule has 146 valence electrons. The van der Waals surface area contributed by atoms with Crippen molar-refractivity contribution in [2.24, 2.45) is 0 Å². The molecular weight excluding hydrogens is 358 g/mol. The van der Waals surface area contributed by atoms with Crippen LogP contribution in [0.5, 0.6) is 23.0 Å². The summed E-state index contributed by atoms with van der Waals surface area (Å²) in [6.45, 7) is 1.47. The largest absolute Gasteiger partial charge is 0.508 e. The van der Waals surface area contributed by atoms with Gasteiger partial charge in [-0.05, 0) is 42.3 Å². The molecule has 0 spiro atoms. The van der Waals surface area contributed by atoms with Gasteiger partial charge in [-0.3, -0.25) is 4.79 Å². The van der Waals surface area contributed by atoms with Gasteiger partial charge in [0, 0.05) is 12.6 Å². The molecule has 6 heteroatoms. The predicted molar refractivity (Wildman–Crippen MR) is 108 cm³/mol. The van der Waals surface area contributed by atoms with Crippen molar-refractivity contribution in [3.8, 4) is 23.0 Å². The summed E-state index contributed by atoms with van der Waals surface area (Å²) in [6, 6.07) is 8.08. The lowest BCUT2D eigenvalue weighted by Gasteiger charge is -2.20. The van der Waals surface area contributed by atoms with Gasteiger partial charge in [0.1, 0.15) is 28.6 Å². The Balaban J connectivity index is 2.04. The second-order valence-corrected chi connectivity index (χ2v) is 6.35. The summed E-state index contributed by atoms with van der Waals surface area (Å²) in [5.41, 5.74) is 2.28. The zero-order valence-corrected chi connectivity index (χ0v) is 15.9. The molecule has 28 heavy (non-hydrogen) atoms. The molecule has 3 N–H and O–H groups in total. The zero-order valence-electron chi connectivity index (χ0n) is 15.9. The molecule has 0 radical (unpaired) electrons. The van der Waals surface area contributed by atoms with Crippen LogP contribution in [0.15, 0.2) is 42.5 Å². The van der Waals surface area contributed by atoms with Crippen LogP contribution >= 0.6 is 0 Å². The maximum absolute atomic E-state index is 12.9. The van der Waals surface area contributed by atoms with Crippen molar-refractivity contribution in [3.63, 3.8) is 0 Å². The number of phenolic OH excluding ortho intramolecular Hbond substituents is 2. The predicted octanol–water partition coefficient (Wildman–Crippen LogP) is 3.39. The van der Waals surface area contributed by atoms with Crippen LogP contribution in [0.1, 0.15) is 27.9 Å². The topological polar surface area (TPSA) is 88.0 Å². The average molecular weight is 381 g/mol.